The highest BCUT2D eigenvalue weighted by atomic mass is 35.5. The number of furan rings is 1. The van der Waals surface area contributed by atoms with E-state index in [4.69, 9.17) is 21.0 Å². The van der Waals surface area contributed by atoms with Gasteiger partial charge in [-0.3, -0.25) is 14.9 Å². The molecule has 0 saturated heterocycles. The van der Waals surface area contributed by atoms with Gasteiger partial charge in [0, 0.05) is 32.8 Å². The molecule has 41 heavy (non-hydrogen) atoms. The molecule has 9 heteroatoms. The summed E-state index contributed by atoms with van der Waals surface area (Å²) in [4.78, 5) is 30.7. The first-order valence-electron chi connectivity index (χ1n) is 13.5. The number of benzene rings is 2. The maximum absolute atomic E-state index is 13.6. The molecule has 1 atom stereocenters. The Labute approximate surface area is 248 Å². The largest absolute Gasteiger partial charge is 0.455 e. The van der Waals surface area contributed by atoms with Crippen molar-refractivity contribution >= 4 is 51.4 Å². The first-order chi connectivity index (χ1) is 19.4. The van der Waals surface area contributed by atoms with Crippen LogP contribution in [0.2, 0.25) is 5.02 Å². The summed E-state index contributed by atoms with van der Waals surface area (Å²) in [5.41, 5.74) is 4.63. The number of amides is 1. The van der Waals surface area contributed by atoms with Crippen molar-refractivity contribution in [3.8, 4) is 11.3 Å². The highest BCUT2D eigenvalue weighted by molar-refractivity contribution is 7.16. The lowest BCUT2D eigenvalue weighted by molar-refractivity contribution is -0.385. The number of nitrogens with one attached hydrogen (secondary N) is 1. The molecule has 0 aliphatic heterocycles. The van der Waals surface area contributed by atoms with Crippen LogP contribution in [0, 0.1) is 35.3 Å². The van der Waals surface area contributed by atoms with Crippen LogP contribution in [-0.4, -0.2) is 17.0 Å². The van der Waals surface area contributed by atoms with Crippen molar-refractivity contribution in [2.24, 2.45) is 16.3 Å². The second kappa shape index (κ2) is 11.3. The Morgan fingerprint density at radius 3 is 2.59 bits per heavy atom. The van der Waals surface area contributed by atoms with Crippen molar-refractivity contribution in [2.45, 2.75) is 53.9 Å². The summed E-state index contributed by atoms with van der Waals surface area (Å²) in [6.07, 6.45) is 4.36. The third kappa shape index (κ3) is 6.14. The monoisotopic (exact) mass is 589 g/mol. The maximum Gasteiger partial charge on any atom is 0.273 e. The van der Waals surface area contributed by atoms with Crippen LogP contribution in [0.1, 0.15) is 64.9 Å². The molecule has 7 nitrogen and oxygen atoms in total. The number of nitrogens with zero attached hydrogens (tertiary/aromatic N) is 2. The van der Waals surface area contributed by atoms with Crippen LogP contribution in [0.25, 0.3) is 11.3 Å². The van der Waals surface area contributed by atoms with Crippen molar-refractivity contribution in [3.63, 3.8) is 0 Å². The lowest BCUT2D eigenvalue weighted by atomic mass is 9.72. The number of halogens is 1. The van der Waals surface area contributed by atoms with Gasteiger partial charge in [0.1, 0.15) is 16.5 Å². The minimum atomic E-state index is -0.378. The van der Waals surface area contributed by atoms with E-state index in [9.17, 15) is 14.9 Å². The van der Waals surface area contributed by atoms with Gasteiger partial charge in [-0.1, -0.05) is 32.4 Å². The zero-order valence-corrected chi connectivity index (χ0v) is 25.3. The summed E-state index contributed by atoms with van der Waals surface area (Å²) in [5.74, 6) is 1.32. The number of anilines is 1. The summed E-state index contributed by atoms with van der Waals surface area (Å²) >= 11 is 7.58. The number of hydrogen-bond acceptors (Lipinski definition) is 6. The van der Waals surface area contributed by atoms with E-state index in [2.05, 4.69) is 26.1 Å². The van der Waals surface area contributed by atoms with Crippen molar-refractivity contribution < 1.29 is 14.1 Å². The molecule has 4 aromatic rings. The van der Waals surface area contributed by atoms with E-state index in [-0.39, 0.29) is 21.9 Å². The zero-order chi connectivity index (χ0) is 29.5. The van der Waals surface area contributed by atoms with Gasteiger partial charge in [0.25, 0.3) is 11.6 Å². The Kier molecular flexibility index (Phi) is 7.90. The third-order valence-corrected chi connectivity index (χ3v) is 9.27. The first kappa shape index (κ1) is 28.8. The molecule has 2 aromatic heterocycles. The van der Waals surface area contributed by atoms with E-state index in [1.54, 1.807) is 60.9 Å². The van der Waals surface area contributed by atoms with Gasteiger partial charge in [0.15, 0.2) is 0 Å². The Morgan fingerprint density at radius 1 is 1.17 bits per heavy atom. The molecule has 1 N–H and O–H groups in total. The molecule has 1 amide bonds. The Bertz CT molecular complexity index is 1660. The Balaban J connectivity index is 1.47. The van der Waals surface area contributed by atoms with E-state index in [0.29, 0.717) is 49.8 Å². The predicted molar refractivity (Wildman–Crippen MR) is 166 cm³/mol. The summed E-state index contributed by atoms with van der Waals surface area (Å²) in [6, 6.07) is 14.0. The quantitative estimate of drug-likeness (QED) is 0.138. The number of rotatable bonds is 6. The van der Waals surface area contributed by atoms with Crippen molar-refractivity contribution in [2.75, 3.05) is 5.32 Å². The fourth-order valence-electron chi connectivity index (χ4n) is 5.23. The van der Waals surface area contributed by atoms with Gasteiger partial charge in [-0.15, -0.1) is 11.3 Å². The van der Waals surface area contributed by atoms with Crippen LogP contribution in [0.4, 0.5) is 16.4 Å². The molecule has 0 unspecified atom stereocenters. The van der Waals surface area contributed by atoms with E-state index in [0.717, 1.165) is 30.4 Å². The number of aryl methyl sites for hydroxylation is 1. The van der Waals surface area contributed by atoms with Crippen molar-refractivity contribution in [1.82, 2.24) is 0 Å². The topological polar surface area (TPSA) is 97.7 Å². The number of nitro groups is 1. The summed E-state index contributed by atoms with van der Waals surface area (Å²) in [7, 11) is 0. The van der Waals surface area contributed by atoms with Crippen LogP contribution in [0.3, 0.4) is 0 Å². The van der Waals surface area contributed by atoms with Crippen LogP contribution in [0.5, 0.6) is 0 Å². The summed E-state index contributed by atoms with van der Waals surface area (Å²) < 4.78 is 6.01. The Hall–Kier alpha value is -3.75. The molecule has 0 saturated carbocycles. The normalized spacial score (nSPS) is 15.2. The third-order valence-electron chi connectivity index (χ3n) is 7.86. The molecule has 2 aromatic carbocycles. The molecule has 0 spiro atoms. The van der Waals surface area contributed by atoms with Crippen LogP contribution >= 0.6 is 22.9 Å². The molecular formula is C32H32ClN3O4S. The Morgan fingerprint density at radius 2 is 1.90 bits per heavy atom. The van der Waals surface area contributed by atoms with Crippen LogP contribution in [-0.2, 0) is 12.8 Å². The zero-order valence-electron chi connectivity index (χ0n) is 23.7. The molecule has 0 fully saturated rings. The molecule has 2 heterocycles. The highest BCUT2D eigenvalue weighted by Crippen LogP contribution is 2.45. The number of nitro benzene ring substituents is 1. The number of hydrogen-bond donors (Lipinski definition) is 1. The fraction of sp³-hybridized carbons (Fsp3) is 0.312. The minimum absolute atomic E-state index is 0.0562. The molecule has 5 rings (SSSR count). The second-order valence-corrected chi connectivity index (χ2v) is 13.1. The van der Waals surface area contributed by atoms with Gasteiger partial charge in [0.2, 0.25) is 0 Å². The number of fused-ring (bicyclic) bond motifs is 1. The van der Waals surface area contributed by atoms with Crippen LogP contribution < -0.4 is 5.32 Å². The average Bonchev–Trinajstić information content (AvgIpc) is 3.53. The van der Waals surface area contributed by atoms with Gasteiger partial charge in [-0.05, 0) is 98.0 Å². The van der Waals surface area contributed by atoms with E-state index < -0.39 is 0 Å². The van der Waals surface area contributed by atoms with Gasteiger partial charge in [-0.2, -0.15) is 0 Å². The summed E-state index contributed by atoms with van der Waals surface area (Å²) in [5, 5.41) is 15.8. The van der Waals surface area contributed by atoms with E-state index in [1.807, 2.05) is 13.0 Å². The second-order valence-electron chi connectivity index (χ2n) is 11.6. The molecule has 0 radical (unpaired) electrons. The van der Waals surface area contributed by atoms with Gasteiger partial charge >= 0.3 is 0 Å². The molecular weight excluding hydrogens is 558 g/mol. The van der Waals surface area contributed by atoms with Crippen molar-refractivity contribution in [1.29, 1.82) is 0 Å². The fourth-order valence-corrected chi connectivity index (χ4v) is 6.63. The molecule has 1 aliphatic rings. The van der Waals surface area contributed by atoms with Crippen molar-refractivity contribution in [3.05, 3.63) is 96.6 Å². The number of carbonyl (C=O) groups excluding carboxylic acids is 1. The lowest BCUT2D eigenvalue weighted by Gasteiger charge is -2.33. The van der Waals surface area contributed by atoms with Gasteiger partial charge in [-0.25, -0.2) is 4.99 Å². The van der Waals surface area contributed by atoms with Crippen LogP contribution in [0.15, 0.2) is 57.9 Å². The van der Waals surface area contributed by atoms with E-state index >= 15 is 0 Å². The SMILES string of the molecule is Cc1cc(-c2ccc(C=Nc3sc4c(c3C(=O)Nc3ccc(Cl)cc3)CC[C@H](C(C)(C)C)C4)o2)cc([N+](=O)[O-])c1C. The van der Waals surface area contributed by atoms with Gasteiger partial charge < -0.3 is 9.73 Å². The average molecular weight is 590 g/mol. The maximum atomic E-state index is 13.6. The molecule has 0 bridgehead atoms. The van der Waals surface area contributed by atoms with Gasteiger partial charge in [0.05, 0.1) is 16.7 Å². The predicted octanol–water partition coefficient (Wildman–Crippen LogP) is 9.34. The highest BCUT2D eigenvalue weighted by Gasteiger charge is 2.33. The molecule has 1 aliphatic carbocycles. The number of carbonyl (C=O) groups is 1. The standard InChI is InChI=1S/C32H32ClN3O4S/c1-18-14-20(15-26(19(18)2)36(38)39)27-13-11-24(40-27)17-34-31-29(30(37)35-23-9-7-22(33)8-10-23)25-12-6-21(32(3,4)5)16-28(25)41-31/h7-11,13-15,17,21H,6,12,16H2,1-5H3,(H,35,37)/t21-/m0/s1. The lowest BCUT2D eigenvalue weighted by Crippen LogP contribution is -2.27. The molecule has 212 valence electrons. The number of aliphatic imine (C=N–C) groups is 1. The number of thiophene rings is 1. The first-order valence-corrected chi connectivity index (χ1v) is 14.7. The minimum Gasteiger partial charge on any atom is -0.455 e. The smallest absolute Gasteiger partial charge is 0.273 e. The summed E-state index contributed by atoms with van der Waals surface area (Å²) in [6.45, 7) is 10.4. The van der Waals surface area contributed by atoms with E-state index in [1.165, 1.54) is 10.9 Å².